The number of benzene rings is 2. The Hall–Kier alpha value is -3.29. The standard InChI is InChI=1S/C23H20Cl2N4O3/c1-13-22(14(2)29(27-13)12-17-18(24)8-5-9-19(17)25)26-23(30)20-11-21(32-28-20)15-6-4-7-16(10-15)31-3/h4-11H,12H2,1-3H3,(H,26,30). The summed E-state index contributed by atoms with van der Waals surface area (Å²) < 4.78 is 12.3. The van der Waals surface area contributed by atoms with Crippen LogP contribution >= 0.6 is 23.2 Å². The predicted molar refractivity (Wildman–Crippen MR) is 124 cm³/mol. The molecule has 0 spiro atoms. The van der Waals surface area contributed by atoms with Crippen molar-refractivity contribution in [2.45, 2.75) is 20.4 Å². The van der Waals surface area contributed by atoms with Crippen LogP contribution < -0.4 is 10.1 Å². The van der Waals surface area contributed by atoms with Crippen LogP contribution in [0, 0.1) is 13.8 Å². The first-order valence-corrected chi connectivity index (χ1v) is 10.5. The highest BCUT2D eigenvalue weighted by Gasteiger charge is 2.20. The molecule has 0 atom stereocenters. The van der Waals surface area contributed by atoms with Gasteiger partial charge in [-0.2, -0.15) is 5.10 Å². The normalized spacial score (nSPS) is 10.9. The van der Waals surface area contributed by atoms with Gasteiger partial charge in [0.15, 0.2) is 11.5 Å². The van der Waals surface area contributed by atoms with Crippen LogP contribution in [-0.4, -0.2) is 28.0 Å². The SMILES string of the molecule is COc1cccc(-c2cc(C(=O)Nc3c(C)nn(Cc4c(Cl)cccc4Cl)c3C)no2)c1. The Morgan fingerprint density at radius 3 is 2.56 bits per heavy atom. The van der Waals surface area contributed by atoms with Crippen molar-refractivity contribution in [3.8, 4) is 17.1 Å². The van der Waals surface area contributed by atoms with Crippen molar-refractivity contribution in [2.24, 2.45) is 0 Å². The number of anilines is 1. The van der Waals surface area contributed by atoms with Crippen molar-refractivity contribution in [1.29, 1.82) is 0 Å². The number of hydrogen-bond donors (Lipinski definition) is 1. The number of methoxy groups -OCH3 is 1. The van der Waals surface area contributed by atoms with Gasteiger partial charge in [0.25, 0.3) is 5.91 Å². The third kappa shape index (κ3) is 4.35. The molecule has 7 nitrogen and oxygen atoms in total. The highest BCUT2D eigenvalue weighted by molar-refractivity contribution is 6.36. The van der Waals surface area contributed by atoms with Gasteiger partial charge in [0, 0.05) is 27.2 Å². The number of hydrogen-bond acceptors (Lipinski definition) is 5. The second kappa shape index (κ2) is 9.06. The minimum Gasteiger partial charge on any atom is -0.497 e. The minimum atomic E-state index is -0.399. The summed E-state index contributed by atoms with van der Waals surface area (Å²) in [5, 5.41) is 12.4. The summed E-state index contributed by atoms with van der Waals surface area (Å²) in [6.45, 7) is 4.06. The van der Waals surface area contributed by atoms with Crippen LogP contribution in [0.25, 0.3) is 11.3 Å². The summed E-state index contributed by atoms with van der Waals surface area (Å²) in [6, 6.07) is 14.3. The molecule has 2 aromatic heterocycles. The van der Waals surface area contributed by atoms with E-state index in [9.17, 15) is 4.79 Å². The second-order valence-electron chi connectivity index (χ2n) is 7.17. The van der Waals surface area contributed by atoms with Crippen LogP contribution in [0.1, 0.15) is 27.4 Å². The Balaban J connectivity index is 1.55. The third-order valence-corrected chi connectivity index (χ3v) is 5.79. The van der Waals surface area contributed by atoms with Crippen molar-refractivity contribution in [3.05, 3.63) is 81.2 Å². The molecule has 164 valence electrons. The first-order chi connectivity index (χ1) is 15.4. The molecule has 0 aliphatic heterocycles. The smallest absolute Gasteiger partial charge is 0.277 e. The molecule has 0 aliphatic rings. The van der Waals surface area contributed by atoms with Crippen molar-refractivity contribution in [2.75, 3.05) is 12.4 Å². The number of carbonyl (C=O) groups is 1. The maximum absolute atomic E-state index is 12.8. The predicted octanol–water partition coefficient (Wildman–Crippen LogP) is 5.77. The number of nitrogens with zero attached hydrogens (tertiary/aromatic N) is 3. The second-order valence-corrected chi connectivity index (χ2v) is 7.98. The van der Waals surface area contributed by atoms with E-state index in [4.69, 9.17) is 32.5 Å². The Bertz CT molecular complexity index is 1280. The van der Waals surface area contributed by atoms with Crippen molar-refractivity contribution in [3.63, 3.8) is 0 Å². The Morgan fingerprint density at radius 1 is 1.12 bits per heavy atom. The monoisotopic (exact) mass is 470 g/mol. The maximum atomic E-state index is 12.8. The molecule has 0 unspecified atom stereocenters. The summed E-state index contributed by atoms with van der Waals surface area (Å²) in [6.07, 6.45) is 0. The Kier molecular flexibility index (Phi) is 6.21. The van der Waals surface area contributed by atoms with Crippen LogP contribution in [0.5, 0.6) is 5.75 Å². The lowest BCUT2D eigenvalue weighted by Crippen LogP contribution is -2.13. The molecule has 4 aromatic rings. The van der Waals surface area contributed by atoms with Gasteiger partial charge in [-0.05, 0) is 38.1 Å². The van der Waals surface area contributed by atoms with E-state index in [2.05, 4.69) is 15.6 Å². The minimum absolute atomic E-state index is 0.156. The molecule has 9 heteroatoms. The molecule has 32 heavy (non-hydrogen) atoms. The lowest BCUT2D eigenvalue weighted by molar-refractivity contribution is 0.101. The number of carbonyl (C=O) groups excluding carboxylic acids is 1. The molecule has 2 heterocycles. The lowest BCUT2D eigenvalue weighted by Gasteiger charge is -2.09. The molecule has 0 saturated heterocycles. The zero-order valence-corrected chi connectivity index (χ0v) is 19.2. The number of aromatic nitrogens is 3. The number of rotatable bonds is 6. The van der Waals surface area contributed by atoms with Crippen molar-refractivity contribution in [1.82, 2.24) is 14.9 Å². The largest absolute Gasteiger partial charge is 0.497 e. The van der Waals surface area contributed by atoms with Crippen LogP contribution in [0.15, 0.2) is 53.1 Å². The zero-order valence-electron chi connectivity index (χ0n) is 17.6. The van der Waals surface area contributed by atoms with Gasteiger partial charge >= 0.3 is 0 Å². The number of ether oxygens (including phenoxy) is 1. The third-order valence-electron chi connectivity index (χ3n) is 5.09. The van der Waals surface area contributed by atoms with E-state index in [1.54, 1.807) is 42.1 Å². The molecule has 0 fully saturated rings. The van der Waals surface area contributed by atoms with Gasteiger partial charge in [-0.15, -0.1) is 0 Å². The molecule has 4 rings (SSSR count). The lowest BCUT2D eigenvalue weighted by atomic mass is 10.1. The first-order valence-electron chi connectivity index (χ1n) is 9.76. The van der Waals surface area contributed by atoms with E-state index >= 15 is 0 Å². The quantitative estimate of drug-likeness (QED) is 0.386. The van der Waals surface area contributed by atoms with Gasteiger partial charge in [-0.25, -0.2) is 0 Å². The van der Waals surface area contributed by atoms with Crippen LogP contribution in [-0.2, 0) is 6.54 Å². The van der Waals surface area contributed by atoms with E-state index < -0.39 is 5.91 Å². The molecule has 0 bridgehead atoms. The molecule has 2 aromatic carbocycles. The average molecular weight is 471 g/mol. The first kappa shape index (κ1) is 21.9. The van der Waals surface area contributed by atoms with Crippen molar-refractivity contribution >= 4 is 34.8 Å². The van der Waals surface area contributed by atoms with Crippen LogP contribution in [0.3, 0.4) is 0 Å². The summed E-state index contributed by atoms with van der Waals surface area (Å²) in [5.74, 6) is 0.748. The topological polar surface area (TPSA) is 82.2 Å². The maximum Gasteiger partial charge on any atom is 0.277 e. The van der Waals surface area contributed by atoms with Crippen molar-refractivity contribution < 1.29 is 14.1 Å². The van der Waals surface area contributed by atoms with E-state index in [1.807, 2.05) is 32.0 Å². The van der Waals surface area contributed by atoms with Gasteiger partial charge in [-0.1, -0.05) is 46.6 Å². The van der Waals surface area contributed by atoms with E-state index in [-0.39, 0.29) is 5.69 Å². The molecule has 1 amide bonds. The van der Waals surface area contributed by atoms with E-state index in [0.29, 0.717) is 39.5 Å². The fourth-order valence-corrected chi connectivity index (χ4v) is 3.85. The molecule has 1 N–H and O–H groups in total. The number of halogens is 2. The fraction of sp³-hybridized carbons (Fsp3) is 0.174. The van der Waals surface area contributed by atoms with Gasteiger partial charge in [0.05, 0.1) is 30.7 Å². The fourth-order valence-electron chi connectivity index (χ4n) is 3.34. The summed E-state index contributed by atoms with van der Waals surface area (Å²) >= 11 is 12.6. The van der Waals surface area contributed by atoms with Gasteiger partial charge < -0.3 is 14.6 Å². The summed E-state index contributed by atoms with van der Waals surface area (Å²) in [4.78, 5) is 12.8. The Labute approximate surface area is 194 Å². The molecule has 0 saturated carbocycles. The molecular weight excluding hydrogens is 451 g/mol. The number of nitrogens with one attached hydrogen (secondary N) is 1. The zero-order chi connectivity index (χ0) is 22.8. The van der Waals surface area contributed by atoms with Gasteiger partial charge in [0.1, 0.15) is 5.75 Å². The highest BCUT2D eigenvalue weighted by Crippen LogP contribution is 2.28. The highest BCUT2D eigenvalue weighted by atomic mass is 35.5. The number of aryl methyl sites for hydroxylation is 1. The summed E-state index contributed by atoms with van der Waals surface area (Å²) in [7, 11) is 1.59. The average Bonchev–Trinajstić information content (AvgIpc) is 3.38. The van der Waals surface area contributed by atoms with Gasteiger partial charge in [0.2, 0.25) is 0 Å². The molecule has 0 aliphatic carbocycles. The summed E-state index contributed by atoms with van der Waals surface area (Å²) in [5.41, 5.74) is 3.71. The van der Waals surface area contributed by atoms with Crippen LogP contribution in [0.4, 0.5) is 5.69 Å². The van der Waals surface area contributed by atoms with E-state index in [1.165, 1.54) is 0 Å². The van der Waals surface area contributed by atoms with E-state index in [0.717, 1.165) is 16.8 Å². The number of amides is 1. The molecule has 0 radical (unpaired) electrons. The van der Waals surface area contributed by atoms with Crippen LogP contribution in [0.2, 0.25) is 10.0 Å². The van der Waals surface area contributed by atoms with Gasteiger partial charge in [-0.3, -0.25) is 9.48 Å². The Morgan fingerprint density at radius 2 is 1.84 bits per heavy atom. The molecular formula is C23H20Cl2N4O3.